The van der Waals surface area contributed by atoms with Crippen LogP contribution in [0.1, 0.15) is 52.4 Å². The Labute approximate surface area is 126 Å². The summed E-state index contributed by atoms with van der Waals surface area (Å²) in [7, 11) is 0. The van der Waals surface area contributed by atoms with E-state index >= 15 is 0 Å². The van der Waals surface area contributed by atoms with Crippen molar-refractivity contribution in [2.45, 2.75) is 59.4 Å². The van der Waals surface area contributed by atoms with Gasteiger partial charge in [0.15, 0.2) is 0 Å². The standard InChI is InChI=1S/C15H27N5O/c1-7-17-12-10(3)13(18-9(2)8-11(16)21)20-14(19-12)15(4,5)6/h9H,7-8H2,1-6H3,(H2,16,21)(H2,17,18,19,20). The van der Waals surface area contributed by atoms with Gasteiger partial charge in [0.1, 0.15) is 17.5 Å². The van der Waals surface area contributed by atoms with E-state index in [1.807, 2.05) is 20.8 Å². The molecule has 1 aromatic heterocycles. The molecule has 21 heavy (non-hydrogen) atoms. The van der Waals surface area contributed by atoms with Crippen LogP contribution < -0.4 is 16.4 Å². The first-order valence-corrected chi connectivity index (χ1v) is 7.33. The van der Waals surface area contributed by atoms with Crippen LogP contribution in [0.2, 0.25) is 0 Å². The van der Waals surface area contributed by atoms with Crippen LogP contribution in [-0.4, -0.2) is 28.5 Å². The van der Waals surface area contributed by atoms with Crippen molar-refractivity contribution in [3.63, 3.8) is 0 Å². The van der Waals surface area contributed by atoms with Crippen LogP contribution in [0.5, 0.6) is 0 Å². The minimum absolute atomic E-state index is 0.0709. The summed E-state index contributed by atoms with van der Waals surface area (Å²) < 4.78 is 0. The third kappa shape index (κ3) is 4.88. The van der Waals surface area contributed by atoms with Gasteiger partial charge in [0.2, 0.25) is 5.91 Å². The number of amides is 1. The fourth-order valence-electron chi connectivity index (χ4n) is 1.92. The van der Waals surface area contributed by atoms with Crippen LogP contribution in [0.3, 0.4) is 0 Å². The summed E-state index contributed by atoms with van der Waals surface area (Å²) in [4.78, 5) is 20.2. The van der Waals surface area contributed by atoms with Gasteiger partial charge in [-0.3, -0.25) is 4.79 Å². The van der Waals surface area contributed by atoms with Gasteiger partial charge in [-0.2, -0.15) is 0 Å². The van der Waals surface area contributed by atoms with E-state index in [1.165, 1.54) is 0 Å². The van der Waals surface area contributed by atoms with E-state index in [4.69, 9.17) is 5.73 Å². The highest BCUT2D eigenvalue weighted by Gasteiger charge is 2.21. The number of rotatable bonds is 6. The minimum Gasteiger partial charge on any atom is -0.370 e. The Morgan fingerprint density at radius 3 is 2.33 bits per heavy atom. The van der Waals surface area contributed by atoms with Gasteiger partial charge in [-0.05, 0) is 20.8 Å². The molecule has 6 nitrogen and oxygen atoms in total. The molecular weight excluding hydrogens is 266 g/mol. The Hall–Kier alpha value is -1.85. The molecule has 1 heterocycles. The normalized spacial score (nSPS) is 12.9. The molecule has 0 aliphatic carbocycles. The maximum Gasteiger partial charge on any atom is 0.219 e. The molecule has 0 bridgehead atoms. The predicted molar refractivity (Wildman–Crippen MR) is 86.5 cm³/mol. The molecule has 0 saturated heterocycles. The zero-order valence-electron chi connectivity index (χ0n) is 13.9. The second kappa shape index (κ2) is 6.74. The molecule has 0 aromatic carbocycles. The number of nitrogens with zero attached hydrogens (tertiary/aromatic N) is 2. The number of aromatic nitrogens is 2. The number of nitrogens with one attached hydrogen (secondary N) is 2. The summed E-state index contributed by atoms with van der Waals surface area (Å²) in [6.07, 6.45) is 0.269. The fraction of sp³-hybridized carbons (Fsp3) is 0.667. The number of hydrogen-bond donors (Lipinski definition) is 3. The average Bonchev–Trinajstić information content (AvgIpc) is 2.31. The third-order valence-electron chi connectivity index (χ3n) is 3.05. The highest BCUT2D eigenvalue weighted by Crippen LogP contribution is 2.26. The molecule has 6 heteroatoms. The summed E-state index contributed by atoms with van der Waals surface area (Å²) in [5, 5.41) is 6.52. The van der Waals surface area contributed by atoms with Gasteiger partial charge in [0.05, 0.1) is 0 Å². The van der Waals surface area contributed by atoms with E-state index in [-0.39, 0.29) is 23.8 Å². The maximum absolute atomic E-state index is 11.0. The van der Waals surface area contributed by atoms with Gasteiger partial charge >= 0.3 is 0 Å². The van der Waals surface area contributed by atoms with E-state index < -0.39 is 0 Å². The summed E-state index contributed by atoms with van der Waals surface area (Å²) in [5.74, 6) is 2.01. The lowest BCUT2D eigenvalue weighted by Crippen LogP contribution is -2.26. The van der Waals surface area contributed by atoms with Crippen molar-refractivity contribution in [3.8, 4) is 0 Å². The Kier molecular flexibility index (Phi) is 5.52. The Morgan fingerprint density at radius 2 is 1.86 bits per heavy atom. The SMILES string of the molecule is CCNc1nc(C(C)(C)C)nc(NC(C)CC(N)=O)c1C. The number of primary amides is 1. The summed E-state index contributed by atoms with van der Waals surface area (Å²) in [5.41, 5.74) is 6.03. The molecule has 118 valence electrons. The first kappa shape index (κ1) is 17.2. The molecule has 1 unspecified atom stereocenters. The van der Waals surface area contributed by atoms with E-state index in [1.54, 1.807) is 0 Å². The molecule has 0 fully saturated rings. The molecule has 0 aliphatic rings. The van der Waals surface area contributed by atoms with Crippen molar-refractivity contribution >= 4 is 17.5 Å². The summed E-state index contributed by atoms with van der Waals surface area (Å²) in [6.45, 7) is 12.9. The van der Waals surface area contributed by atoms with Gasteiger partial charge in [0.25, 0.3) is 0 Å². The molecule has 1 amide bonds. The number of carbonyl (C=O) groups excluding carboxylic acids is 1. The highest BCUT2D eigenvalue weighted by atomic mass is 16.1. The topological polar surface area (TPSA) is 92.9 Å². The van der Waals surface area contributed by atoms with Crippen LogP contribution in [0.15, 0.2) is 0 Å². The number of anilines is 2. The molecule has 0 saturated carbocycles. The van der Waals surface area contributed by atoms with Gasteiger partial charge in [0, 0.05) is 30.0 Å². The van der Waals surface area contributed by atoms with Crippen LogP contribution in [0.25, 0.3) is 0 Å². The first-order chi connectivity index (χ1) is 9.65. The van der Waals surface area contributed by atoms with Crippen molar-refractivity contribution in [1.29, 1.82) is 0 Å². The average molecular weight is 293 g/mol. The second-order valence-corrected chi connectivity index (χ2v) is 6.37. The van der Waals surface area contributed by atoms with E-state index in [0.29, 0.717) is 0 Å². The number of hydrogen-bond acceptors (Lipinski definition) is 5. The molecule has 0 spiro atoms. The van der Waals surface area contributed by atoms with Crippen molar-refractivity contribution < 1.29 is 4.79 Å². The minimum atomic E-state index is -0.329. The van der Waals surface area contributed by atoms with Crippen molar-refractivity contribution in [2.75, 3.05) is 17.2 Å². The van der Waals surface area contributed by atoms with Crippen molar-refractivity contribution in [1.82, 2.24) is 9.97 Å². The second-order valence-electron chi connectivity index (χ2n) is 6.37. The molecule has 0 aliphatic heterocycles. The summed E-state index contributed by atoms with van der Waals surface area (Å²) >= 11 is 0. The Morgan fingerprint density at radius 1 is 1.29 bits per heavy atom. The van der Waals surface area contributed by atoms with Gasteiger partial charge in [-0.1, -0.05) is 20.8 Å². The lowest BCUT2D eigenvalue weighted by Gasteiger charge is -2.22. The smallest absolute Gasteiger partial charge is 0.219 e. The van der Waals surface area contributed by atoms with Gasteiger partial charge < -0.3 is 16.4 Å². The molecule has 1 atom stereocenters. The van der Waals surface area contributed by atoms with Crippen LogP contribution in [-0.2, 0) is 10.2 Å². The molecule has 4 N–H and O–H groups in total. The van der Waals surface area contributed by atoms with Crippen LogP contribution in [0, 0.1) is 6.92 Å². The molecular formula is C15H27N5O. The first-order valence-electron chi connectivity index (χ1n) is 7.33. The van der Waals surface area contributed by atoms with Crippen LogP contribution in [0.4, 0.5) is 11.6 Å². The monoisotopic (exact) mass is 293 g/mol. The van der Waals surface area contributed by atoms with E-state index in [2.05, 4.69) is 41.4 Å². The Bertz CT molecular complexity index is 508. The van der Waals surface area contributed by atoms with Gasteiger partial charge in [-0.15, -0.1) is 0 Å². The van der Waals surface area contributed by atoms with Crippen LogP contribution >= 0.6 is 0 Å². The lowest BCUT2D eigenvalue weighted by molar-refractivity contribution is -0.118. The maximum atomic E-state index is 11.0. The predicted octanol–water partition coefficient (Wildman–Crippen LogP) is 2.19. The summed E-state index contributed by atoms with van der Waals surface area (Å²) in [6, 6.07) is -0.0709. The highest BCUT2D eigenvalue weighted by molar-refractivity contribution is 5.75. The van der Waals surface area contributed by atoms with Gasteiger partial charge in [-0.25, -0.2) is 9.97 Å². The zero-order valence-corrected chi connectivity index (χ0v) is 13.9. The Balaban J connectivity index is 3.16. The van der Waals surface area contributed by atoms with Crippen molar-refractivity contribution in [2.24, 2.45) is 5.73 Å². The van der Waals surface area contributed by atoms with E-state index in [9.17, 15) is 4.79 Å². The van der Waals surface area contributed by atoms with Crippen molar-refractivity contribution in [3.05, 3.63) is 11.4 Å². The zero-order chi connectivity index (χ0) is 16.2. The molecule has 0 radical (unpaired) electrons. The quantitative estimate of drug-likeness (QED) is 0.747. The number of nitrogens with two attached hydrogens (primary N) is 1. The third-order valence-corrected chi connectivity index (χ3v) is 3.05. The largest absolute Gasteiger partial charge is 0.370 e. The molecule has 1 rings (SSSR count). The number of carbonyl (C=O) groups is 1. The van der Waals surface area contributed by atoms with E-state index in [0.717, 1.165) is 29.6 Å². The lowest BCUT2D eigenvalue weighted by atomic mass is 9.95. The fourth-order valence-corrected chi connectivity index (χ4v) is 1.92. The molecule has 1 aromatic rings.